The van der Waals surface area contributed by atoms with Gasteiger partial charge in [0.05, 0.1) is 46.7 Å². The maximum absolute atomic E-state index is 13.6. The SMILES string of the molecule is COc1ccccc1NC(=O)C1=C(C)NC(SCC(=O)Nc2cccc(C)c2)=C(C#N)[C@@H]1c1ccc(C)o1. The third-order valence-electron chi connectivity index (χ3n) is 5.94. The second kappa shape index (κ2) is 11.8. The normalized spacial score (nSPS) is 15.0. The van der Waals surface area contributed by atoms with Crippen LogP contribution in [0.3, 0.4) is 0 Å². The minimum Gasteiger partial charge on any atom is -0.495 e. The van der Waals surface area contributed by atoms with E-state index >= 15 is 0 Å². The molecule has 4 rings (SSSR count). The molecular weight excluding hydrogens is 500 g/mol. The van der Waals surface area contributed by atoms with Gasteiger partial charge in [0.1, 0.15) is 17.3 Å². The zero-order valence-electron chi connectivity index (χ0n) is 21.5. The van der Waals surface area contributed by atoms with Crippen molar-refractivity contribution in [1.82, 2.24) is 5.32 Å². The number of para-hydroxylation sites is 2. The van der Waals surface area contributed by atoms with Crippen LogP contribution in [0.15, 0.2) is 87.0 Å². The lowest BCUT2D eigenvalue weighted by molar-refractivity contribution is -0.114. The molecule has 8 nitrogen and oxygen atoms in total. The third kappa shape index (κ3) is 5.93. The van der Waals surface area contributed by atoms with Crippen LogP contribution in [0.1, 0.15) is 29.9 Å². The van der Waals surface area contributed by atoms with Crippen molar-refractivity contribution in [2.75, 3.05) is 23.5 Å². The molecular formula is C29H28N4O4S. The number of nitrogens with one attached hydrogen (secondary N) is 3. The number of thioether (sulfide) groups is 1. The van der Waals surface area contributed by atoms with Crippen LogP contribution >= 0.6 is 11.8 Å². The largest absolute Gasteiger partial charge is 0.495 e. The molecule has 1 aliphatic rings. The van der Waals surface area contributed by atoms with Crippen LogP contribution in [0.4, 0.5) is 11.4 Å². The fourth-order valence-corrected chi connectivity index (χ4v) is 5.11. The van der Waals surface area contributed by atoms with Crippen LogP contribution in [-0.2, 0) is 9.59 Å². The number of dihydropyridines is 1. The number of methoxy groups -OCH3 is 1. The van der Waals surface area contributed by atoms with E-state index in [9.17, 15) is 14.9 Å². The van der Waals surface area contributed by atoms with Gasteiger partial charge in [-0.25, -0.2) is 0 Å². The molecule has 0 unspecified atom stereocenters. The van der Waals surface area contributed by atoms with Gasteiger partial charge in [0, 0.05) is 11.4 Å². The summed E-state index contributed by atoms with van der Waals surface area (Å²) >= 11 is 1.20. The first-order valence-electron chi connectivity index (χ1n) is 11.9. The molecule has 3 aromatic rings. The lowest BCUT2D eigenvalue weighted by Crippen LogP contribution is -2.31. The quantitative estimate of drug-likeness (QED) is 0.348. The molecule has 0 saturated carbocycles. The lowest BCUT2D eigenvalue weighted by Gasteiger charge is -2.28. The first kappa shape index (κ1) is 26.6. The van der Waals surface area contributed by atoms with E-state index in [1.807, 2.05) is 37.3 Å². The fourth-order valence-electron chi connectivity index (χ4n) is 4.22. The summed E-state index contributed by atoms with van der Waals surface area (Å²) in [5, 5.41) is 19.7. The second-order valence-electron chi connectivity index (χ2n) is 8.76. The molecule has 0 spiro atoms. The fraction of sp³-hybridized carbons (Fsp3) is 0.207. The molecule has 0 bridgehead atoms. The Hall–Kier alpha value is -4.42. The van der Waals surface area contributed by atoms with Crippen molar-refractivity contribution < 1.29 is 18.7 Å². The molecule has 1 aliphatic heterocycles. The molecule has 0 saturated heterocycles. The number of benzene rings is 2. The number of furan rings is 1. The molecule has 3 N–H and O–H groups in total. The summed E-state index contributed by atoms with van der Waals surface area (Å²) in [7, 11) is 1.53. The van der Waals surface area contributed by atoms with Crippen LogP contribution in [0.5, 0.6) is 5.75 Å². The van der Waals surface area contributed by atoms with Crippen molar-refractivity contribution in [3.05, 3.63) is 99.6 Å². The molecule has 2 aromatic carbocycles. The van der Waals surface area contributed by atoms with E-state index in [1.165, 1.54) is 18.9 Å². The summed E-state index contributed by atoms with van der Waals surface area (Å²) in [5.41, 5.74) is 3.44. The van der Waals surface area contributed by atoms with E-state index in [1.54, 1.807) is 44.2 Å². The highest BCUT2D eigenvalue weighted by Crippen LogP contribution is 2.41. The Morgan fingerprint density at radius 1 is 1.08 bits per heavy atom. The highest BCUT2D eigenvalue weighted by Gasteiger charge is 2.37. The Balaban J connectivity index is 1.62. The van der Waals surface area contributed by atoms with Gasteiger partial charge in [-0.2, -0.15) is 5.26 Å². The minimum absolute atomic E-state index is 0.0708. The third-order valence-corrected chi connectivity index (χ3v) is 6.96. The summed E-state index contributed by atoms with van der Waals surface area (Å²) in [6, 6.07) is 20.4. The molecule has 194 valence electrons. The van der Waals surface area contributed by atoms with E-state index in [0.29, 0.717) is 50.5 Å². The van der Waals surface area contributed by atoms with E-state index in [-0.39, 0.29) is 11.7 Å². The van der Waals surface area contributed by atoms with Gasteiger partial charge in [-0.1, -0.05) is 36.0 Å². The Labute approximate surface area is 225 Å². The van der Waals surface area contributed by atoms with Crippen molar-refractivity contribution in [3.8, 4) is 11.8 Å². The summed E-state index contributed by atoms with van der Waals surface area (Å²) in [6.07, 6.45) is 0. The van der Waals surface area contributed by atoms with Crippen molar-refractivity contribution in [3.63, 3.8) is 0 Å². The summed E-state index contributed by atoms with van der Waals surface area (Å²) in [5.74, 6) is 0.345. The van der Waals surface area contributed by atoms with Crippen molar-refractivity contribution in [2.45, 2.75) is 26.7 Å². The highest BCUT2D eigenvalue weighted by atomic mass is 32.2. The number of allylic oxidation sites excluding steroid dienone is 2. The number of hydrogen-bond donors (Lipinski definition) is 3. The number of amides is 2. The molecule has 38 heavy (non-hydrogen) atoms. The van der Waals surface area contributed by atoms with Crippen molar-refractivity contribution in [1.29, 1.82) is 5.26 Å². The van der Waals surface area contributed by atoms with E-state index in [4.69, 9.17) is 9.15 Å². The first-order valence-corrected chi connectivity index (χ1v) is 12.9. The lowest BCUT2D eigenvalue weighted by atomic mass is 9.85. The van der Waals surface area contributed by atoms with Gasteiger partial charge in [0.15, 0.2) is 0 Å². The summed E-state index contributed by atoms with van der Waals surface area (Å²) < 4.78 is 11.3. The van der Waals surface area contributed by atoms with E-state index in [0.717, 1.165) is 5.56 Å². The number of carbonyl (C=O) groups excluding carboxylic acids is 2. The number of nitriles is 1. The van der Waals surface area contributed by atoms with Crippen molar-refractivity contribution in [2.24, 2.45) is 0 Å². The zero-order valence-corrected chi connectivity index (χ0v) is 22.4. The predicted molar refractivity (Wildman–Crippen MR) is 149 cm³/mol. The average Bonchev–Trinajstić information content (AvgIpc) is 3.33. The molecule has 0 aliphatic carbocycles. The van der Waals surface area contributed by atoms with Gasteiger partial charge in [-0.05, 0) is 62.7 Å². The van der Waals surface area contributed by atoms with E-state index < -0.39 is 11.8 Å². The molecule has 1 atom stereocenters. The van der Waals surface area contributed by atoms with Crippen LogP contribution in [0, 0.1) is 25.2 Å². The van der Waals surface area contributed by atoms with Gasteiger partial charge in [-0.15, -0.1) is 0 Å². The Kier molecular flexibility index (Phi) is 8.24. The number of aryl methyl sites for hydroxylation is 2. The topological polar surface area (TPSA) is 116 Å². The maximum atomic E-state index is 13.6. The van der Waals surface area contributed by atoms with Gasteiger partial charge in [0.25, 0.3) is 5.91 Å². The molecule has 9 heteroatoms. The average molecular weight is 529 g/mol. The number of rotatable bonds is 8. The number of anilines is 2. The van der Waals surface area contributed by atoms with Gasteiger partial charge >= 0.3 is 0 Å². The Morgan fingerprint density at radius 3 is 2.55 bits per heavy atom. The van der Waals surface area contributed by atoms with E-state index in [2.05, 4.69) is 22.0 Å². The smallest absolute Gasteiger partial charge is 0.254 e. The summed E-state index contributed by atoms with van der Waals surface area (Å²) in [4.78, 5) is 26.3. The van der Waals surface area contributed by atoms with Crippen molar-refractivity contribution >= 4 is 35.0 Å². The molecule has 0 radical (unpaired) electrons. The highest BCUT2D eigenvalue weighted by molar-refractivity contribution is 8.03. The maximum Gasteiger partial charge on any atom is 0.254 e. The molecule has 2 heterocycles. The zero-order chi connectivity index (χ0) is 27.2. The van der Waals surface area contributed by atoms with Crippen LogP contribution in [0.25, 0.3) is 0 Å². The molecule has 1 aromatic heterocycles. The van der Waals surface area contributed by atoms with Crippen LogP contribution in [-0.4, -0.2) is 24.7 Å². The Morgan fingerprint density at radius 2 is 1.87 bits per heavy atom. The van der Waals surface area contributed by atoms with Crippen LogP contribution < -0.4 is 20.7 Å². The monoisotopic (exact) mass is 528 g/mol. The van der Waals surface area contributed by atoms with Gasteiger partial charge in [-0.3, -0.25) is 9.59 Å². The standard InChI is InChI=1S/C29H28N4O4S/c1-17-8-7-9-20(14-17)32-25(34)16-38-29-21(15-30)27(24-13-12-18(2)37-24)26(19(3)31-29)28(35)33-22-10-5-6-11-23(22)36-4/h5-14,27,31H,16H2,1-4H3,(H,32,34)(H,33,35)/t27-/m1/s1. The number of nitrogens with zero attached hydrogens (tertiary/aromatic N) is 1. The molecule has 2 amide bonds. The number of hydrogen-bond acceptors (Lipinski definition) is 7. The number of carbonyl (C=O) groups is 2. The van der Waals surface area contributed by atoms with Crippen LogP contribution in [0.2, 0.25) is 0 Å². The number of ether oxygens (including phenoxy) is 1. The Bertz CT molecular complexity index is 1480. The van der Waals surface area contributed by atoms with Gasteiger partial charge in [0.2, 0.25) is 5.91 Å². The van der Waals surface area contributed by atoms with Gasteiger partial charge < -0.3 is 25.1 Å². The predicted octanol–water partition coefficient (Wildman–Crippen LogP) is 5.61. The minimum atomic E-state index is -0.757. The molecule has 0 fully saturated rings. The first-order chi connectivity index (χ1) is 18.3. The second-order valence-corrected chi connectivity index (χ2v) is 9.75. The summed E-state index contributed by atoms with van der Waals surface area (Å²) in [6.45, 7) is 5.52.